The van der Waals surface area contributed by atoms with E-state index in [-0.39, 0.29) is 18.2 Å². The molecule has 0 aliphatic rings. The molecule has 29 heavy (non-hydrogen) atoms. The zero-order valence-electron chi connectivity index (χ0n) is 17.7. The third kappa shape index (κ3) is 7.23. The highest BCUT2D eigenvalue weighted by atomic mass is 16.5. The summed E-state index contributed by atoms with van der Waals surface area (Å²) in [5.41, 5.74) is 2.81. The lowest BCUT2D eigenvalue weighted by Crippen LogP contribution is -2.29. The number of methoxy groups -OCH3 is 1. The van der Waals surface area contributed by atoms with Gasteiger partial charge in [0.1, 0.15) is 5.75 Å². The summed E-state index contributed by atoms with van der Waals surface area (Å²) in [6, 6.07) is 14.8. The molecule has 0 unspecified atom stereocenters. The van der Waals surface area contributed by atoms with Crippen molar-refractivity contribution in [2.75, 3.05) is 25.5 Å². The number of hydrogen-bond acceptors (Lipinski definition) is 4. The van der Waals surface area contributed by atoms with Crippen LogP contribution in [0.15, 0.2) is 48.5 Å². The molecule has 1 atom stereocenters. The van der Waals surface area contributed by atoms with E-state index < -0.39 is 6.04 Å². The Morgan fingerprint density at radius 2 is 1.62 bits per heavy atom. The summed E-state index contributed by atoms with van der Waals surface area (Å²) in [7, 11) is 1.60. The molecule has 0 radical (unpaired) electrons. The summed E-state index contributed by atoms with van der Waals surface area (Å²) in [6.07, 6.45) is 0.146. The van der Waals surface area contributed by atoms with E-state index in [0.29, 0.717) is 0 Å². The van der Waals surface area contributed by atoms with Crippen molar-refractivity contribution < 1.29 is 14.3 Å². The van der Waals surface area contributed by atoms with Crippen LogP contribution in [-0.4, -0.2) is 36.9 Å². The number of hydrogen-bond donors (Lipinski definition) is 2. The van der Waals surface area contributed by atoms with Crippen LogP contribution >= 0.6 is 0 Å². The predicted octanol–water partition coefficient (Wildman–Crippen LogP) is 3.74. The molecule has 6 nitrogen and oxygen atoms in total. The van der Waals surface area contributed by atoms with Gasteiger partial charge in [0.25, 0.3) is 0 Å². The number of ether oxygens (including phenoxy) is 1. The number of nitrogens with zero attached hydrogens (tertiary/aromatic N) is 1. The van der Waals surface area contributed by atoms with E-state index in [1.807, 2.05) is 48.5 Å². The van der Waals surface area contributed by atoms with Crippen LogP contribution in [0.4, 0.5) is 5.69 Å². The van der Waals surface area contributed by atoms with Crippen molar-refractivity contribution in [2.24, 2.45) is 0 Å². The normalized spacial score (nSPS) is 11.8. The second-order valence-electron chi connectivity index (χ2n) is 6.94. The Hall–Kier alpha value is -2.86. The van der Waals surface area contributed by atoms with Crippen LogP contribution in [0.3, 0.4) is 0 Å². The van der Waals surface area contributed by atoms with Gasteiger partial charge in [-0.2, -0.15) is 0 Å². The zero-order chi connectivity index (χ0) is 21.2. The maximum atomic E-state index is 12.6. The highest BCUT2D eigenvalue weighted by molar-refractivity contribution is 5.91. The van der Waals surface area contributed by atoms with E-state index in [1.165, 1.54) is 12.5 Å². The lowest BCUT2D eigenvalue weighted by molar-refractivity contribution is -0.120. The minimum atomic E-state index is -0.402. The lowest BCUT2D eigenvalue weighted by atomic mass is 10.0. The minimum absolute atomic E-state index is 0.146. The summed E-state index contributed by atoms with van der Waals surface area (Å²) in [6.45, 7) is 8.64. The number of carbonyl (C=O) groups is 2. The molecule has 2 rings (SSSR count). The van der Waals surface area contributed by atoms with Crippen LogP contribution in [0.5, 0.6) is 5.75 Å². The second kappa shape index (κ2) is 11.2. The van der Waals surface area contributed by atoms with E-state index in [1.54, 1.807) is 7.11 Å². The topological polar surface area (TPSA) is 70.7 Å². The first-order valence-corrected chi connectivity index (χ1v) is 9.97. The zero-order valence-corrected chi connectivity index (χ0v) is 17.7. The van der Waals surface area contributed by atoms with E-state index in [4.69, 9.17) is 4.74 Å². The number of nitrogens with one attached hydrogen (secondary N) is 2. The van der Waals surface area contributed by atoms with E-state index in [2.05, 4.69) is 29.4 Å². The largest absolute Gasteiger partial charge is 0.497 e. The van der Waals surface area contributed by atoms with Crippen LogP contribution < -0.4 is 15.4 Å². The number of benzene rings is 2. The van der Waals surface area contributed by atoms with Crippen molar-refractivity contribution in [2.45, 2.75) is 39.8 Å². The average Bonchev–Trinajstić information content (AvgIpc) is 2.72. The molecule has 2 aromatic carbocycles. The summed E-state index contributed by atoms with van der Waals surface area (Å²) < 4.78 is 5.17. The second-order valence-corrected chi connectivity index (χ2v) is 6.94. The smallest absolute Gasteiger partial charge is 0.226 e. The maximum absolute atomic E-state index is 12.6. The summed E-state index contributed by atoms with van der Waals surface area (Å²) in [4.78, 5) is 26.5. The predicted molar refractivity (Wildman–Crippen MR) is 116 cm³/mol. The molecular formula is C23H31N3O3. The molecule has 0 aliphatic heterocycles. The van der Waals surface area contributed by atoms with Crippen LogP contribution in [0, 0.1) is 0 Å². The number of anilines is 1. The molecule has 0 saturated heterocycles. The Morgan fingerprint density at radius 1 is 1.00 bits per heavy atom. The van der Waals surface area contributed by atoms with Gasteiger partial charge in [0, 0.05) is 19.2 Å². The summed E-state index contributed by atoms with van der Waals surface area (Å²) >= 11 is 0. The van der Waals surface area contributed by atoms with Gasteiger partial charge in [-0.15, -0.1) is 0 Å². The van der Waals surface area contributed by atoms with Gasteiger partial charge in [-0.05, 0) is 48.5 Å². The van der Waals surface area contributed by atoms with Gasteiger partial charge in [0.2, 0.25) is 11.8 Å². The monoisotopic (exact) mass is 397 g/mol. The third-order valence-corrected chi connectivity index (χ3v) is 4.82. The van der Waals surface area contributed by atoms with Crippen molar-refractivity contribution in [3.63, 3.8) is 0 Å². The first-order valence-electron chi connectivity index (χ1n) is 9.97. The molecule has 0 aromatic heterocycles. The molecule has 0 bridgehead atoms. The summed E-state index contributed by atoms with van der Waals surface area (Å²) in [5, 5.41) is 5.77. The van der Waals surface area contributed by atoms with Crippen molar-refractivity contribution in [3.8, 4) is 5.75 Å². The van der Waals surface area contributed by atoms with E-state index in [9.17, 15) is 9.59 Å². The molecule has 0 aliphatic carbocycles. The Morgan fingerprint density at radius 3 is 2.14 bits per heavy atom. The van der Waals surface area contributed by atoms with Crippen LogP contribution in [0.2, 0.25) is 0 Å². The van der Waals surface area contributed by atoms with Gasteiger partial charge in [-0.1, -0.05) is 38.1 Å². The van der Waals surface area contributed by atoms with Gasteiger partial charge in [0.05, 0.1) is 19.6 Å². The van der Waals surface area contributed by atoms with Gasteiger partial charge in [0.15, 0.2) is 0 Å². The maximum Gasteiger partial charge on any atom is 0.226 e. The SMILES string of the molecule is CCN(CC)Cc1ccc(NC(=O)C[C@@H](NC(C)=O)c2ccc(OC)cc2)cc1. The highest BCUT2D eigenvalue weighted by Gasteiger charge is 2.17. The Bertz CT molecular complexity index is 784. The van der Waals surface area contributed by atoms with Crippen molar-refractivity contribution in [1.29, 1.82) is 0 Å². The van der Waals surface area contributed by atoms with Crippen LogP contribution in [0.1, 0.15) is 44.4 Å². The fourth-order valence-corrected chi connectivity index (χ4v) is 3.13. The van der Waals surface area contributed by atoms with Gasteiger partial charge >= 0.3 is 0 Å². The molecule has 0 heterocycles. The minimum Gasteiger partial charge on any atom is -0.497 e. The first-order chi connectivity index (χ1) is 13.9. The highest BCUT2D eigenvalue weighted by Crippen LogP contribution is 2.21. The molecule has 0 saturated carbocycles. The van der Waals surface area contributed by atoms with Crippen molar-refractivity contribution in [1.82, 2.24) is 10.2 Å². The van der Waals surface area contributed by atoms with Crippen molar-refractivity contribution >= 4 is 17.5 Å². The molecule has 6 heteroatoms. The average molecular weight is 398 g/mol. The number of rotatable bonds is 10. The number of carbonyl (C=O) groups excluding carboxylic acids is 2. The Balaban J connectivity index is 2.00. The quantitative estimate of drug-likeness (QED) is 0.641. The van der Waals surface area contributed by atoms with E-state index in [0.717, 1.165) is 36.6 Å². The molecule has 2 aromatic rings. The molecule has 156 valence electrons. The fraction of sp³-hybridized carbons (Fsp3) is 0.391. The van der Waals surface area contributed by atoms with Crippen molar-refractivity contribution in [3.05, 3.63) is 59.7 Å². The van der Waals surface area contributed by atoms with Crippen LogP contribution in [0.25, 0.3) is 0 Å². The van der Waals surface area contributed by atoms with E-state index >= 15 is 0 Å². The molecular weight excluding hydrogens is 366 g/mol. The summed E-state index contributed by atoms with van der Waals surface area (Å²) in [5.74, 6) is 0.389. The lowest BCUT2D eigenvalue weighted by Gasteiger charge is -2.19. The molecule has 2 amide bonds. The fourth-order valence-electron chi connectivity index (χ4n) is 3.13. The Kier molecular flexibility index (Phi) is 8.68. The first kappa shape index (κ1) is 22.4. The Labute approximate surface area is 173 Å². The molecule has 0 spiro atoms. The third-order valence-electron chi connectivity index (χ3n) is 4.82. The van der Waals surface area contributed by atoms with Gasteiger partial charge < -0.3 is 15.4 Å². The number of amides is 2. The van der Waals surface area contributed by atoms with Gasteiger partial charge in [-0.25, -0.2) is 0 Å². The van der Waals surface area contributed by atoms with Gasteiger partial charge in [-0.3, -0.25) is 14.5 Å². The van der Waals surface area contributed by atoms with Crippen LogP contribution in [-0.2, 0) is 16.1 Å². The molecule has 2 N–H and O–H groups in total. The standard InChI is InChI=1S/C23H31N3O3/c1-5-26(6-2)16-18-7-11-20(12-8-18)25-23(28)15-22(24-17(3)27)19-9-13-21(29-4)14-10-19/h7-14,22H,5-6,15-16H2,1-4H3,(H,24,27)(H,25,28)/t22-/m1/s1. The molecule has 0 fully saturated rings.